The maximum absolute atomic E-state index is 6.38. The van der Waals surface area contributed by atoms with Gasteiger partial charge in [-0.05, 0) is 24.0 Å². The number of benzene rings is 2. The van der Waals surface area contributed by atoms with Crippen LogP contribution >= 0.6 is 23.2 Å². The molecule has 0 nitrogen and oxygen atoms in total. The average molecular weight is 279 g/mol. The van der Waals surface area contributed by atoms with E-state index in [-0.39, 0.29) is 0 Å². The summed E-state index contributed by atoms with van der Waals surface area (Å²) in [7, 11) is 0. The second-order valence-corrected chi connectivity index (χ2v) is 5.61. The molecule has 0 amide bonds. The SMILES string of the molecule is Cc1ccc(-c2ccc(C(C)C)c(Cl)c2Cl)cc1. The summed E-state index contributed by atoms with van der Waals surface area (Å²) in [5.74, 6) is 0.377. The lowest BCUT2D eigenvalue weighted by molar-refractivity contribution is 0.867. The first-order valence-electron chi connectivity index (χ1n) is 6.05. The smallest absolute Gasteiger partial charge is 0.0673 e. The van der Waals surface area contributed by atoms with Gasteiger partial charge >= 0.3 is 0 Å². The Morgan fingerprint density at radius 2 is 1.44 bits per heavy atom. The fourth-order valence-electron chi connectivity index (χ4n) is 1.97. The Labute approximate surface area is 119 Å². The third kappa shape index (κ3) is 2.55. The predicted molar refractivity (Wildman–Crippen MR) is 80.7 cm³/mol. The summed E-state index contributed by atoms with van der Waals surface area (Å²) < 4.78 is 0. The van der Waals surface area contributed by atoms with Crippen molar-refractivity contribution in [2.45, 2.75) is 26.7 Å². The second-order valence-electron chi connectivity index (χ2n) is 4.85. The number of hydrogen-bond acceptors (Lipinski definition) is 0. The molecule has 2 heteroatoms. The van der Waals surface area contributed by atoms with Crippen LogP contribution in [-0.2, 0) is 0 Å². The van der Waals surface area contributed by atoms with E-state index in [4.69, 9.17) is 23.2 Å². The zero-order valence-electron chi connectivity index (χ0n) is 10.8. The van der Waals surface area contributed by atoms with E-state index in [9.17, 15) is 0 Å². The molecule has 0 radical (unpaired) electrons. The van der Waals surface area contributed by atoms with Crippen LogP contribution in [0.25, 0.3) is 11.1 Å². The van der Waals surface area contributed by atoms with Gasteiger partial charge in [-0.1, -0.05) is 79.0 Å². The van der Waals surface area contributed by atoms with Gasteiger partial charge in [0.25, 0.3) is 0 Å². The average Bonchev–Trinajstić information content (AvgIpc) is 2.33. The molecule has 94 valence electrons. The third-order valence-electron chi connectivity index (χ3n) is 3.10. The van der Waals surface area contributed by atoms with E-state index in [2.05, 4.69) is 51.1 Å². The Hall–Kier alpha value is -0.980. The van der Waals surface area contributed by atoms with Crippen LogP contribution in [0.15, 0.2) is 36.4 Å². The van der Waals surface area contributed by atoms with E-state index in [1.54, 1.807) is 0 Å². The fraction of sp³-hybridized carbons (Fsp3) is 0.250. The molecule has 18 heavy (non-hydrogen) atoms. The summed E-state index contributed by atoms with van der Waals surface area (Å²) in [5.41, 5.74) is 4.42. The molecule has 0 N–H and O–H groups in total. The maximum atomic E-state index is 6.38. The van der Waals surface area contributed by atoms with Crippen molar-refractivity contribution in [3.63, 3.8) is 0 Å². The Kier molecular flexibility index (Phi) is 3.99. The molecule has 0 bridgehead atoms. The standard InChI is InChI=1S/C16H16Cl2/c1-10(2)13-8-9-14(16(18)15(13)17)12-6-4-11(3)5-7-12/h4-10H,1-3H3. The minimum atomic E-state index is 0.377. The molecule has 2 aromatic rings. The van der Waals surface area contributed by atoms with Crippen molar-refractivity contribution in [2.75, 3.05) is 0 Å². The van der Waals surface area contributed by atoms with Crippen LogP contribution in [0.3, 0.4) is 0 Å². The molecule has 0 aromatic heterocycles. The topological polar surface area (TPSA) is 0 Å². The number of halogens is 2. The molecule has 0 heterocycles. The van der Waals surface area contributed by atoms with Gasteiger partial charge in [0.15, 0.2) is 0 Å². The van der Waals surface area contributed by atoms with Crippen LogP contribution in [0, 0.1) is 6.92 Å². The minimum absolute atomic E-state index is 0.377. The predicted octanol–water partition coefficient (Wildman–Crippen LogP) is 6.09. The van der Waals surface area contributed by atoms with Gasteiger partial charge in [0.2, 0.25) is 0 Å². The normalized spacial score (nSPS) is 11.0. The van der Waals surface area contributed by atoms with E-state index in [0.29, 0.717) is 16.0 Å². The summed E-state index contributed by atoms with van der Waals surface area (Å²) >= 11 is 12.7. The van der Waals surface area contributed by atoms with Crippen LogP contribution in [-0.4, -0.2) is 0 Å². The quantitative estimate of drug-likeness (QED) is 0.623. The van der Waals surface area contributed by atoms with Gasteiger partial charge in [-0.2, -0.15) is 0 Å². The summed E-state index contributed by atoms with van der Waals surface area (Å²) in [4.78, 5) is 0. The molecule has 0 atom stereocenters. The van der Waals surface area contributed by atoms with Crippen molar-refractivity contribution < 1.29 is 0 Å². The molecule has 0 spiro atoms. The fourth-order valence-corrected chi connectivity index (χ4v) is 2.63. The van der Waals surface area contributed by atoms with E-state index in [1.807, 2.05) is 6.07 Å². The van der Waals surface area contributed by atoms with Gasteiger partial charge in [-0.3, -0.25) is 0 Å². The Balaban J connectivity index is 2.53. The lowest BCUT2D eigenvalue weighted by atomic mass is 9.98. The molecule has 0 aliphatic rings. The van der Waals surface area contributed by atoms with Crippen LogP contribution in [0.4, 0.5) is 0 Å². The van der Waals surface area contributed by atoms with Crippen molar-refractivity contribution in [1.29, 1.82) is 0 Å². The van der Waals surface area contributed by atoms with Crippen molar-refractivity contribution in [2.24, 2.45) is 0 Å². The minimum Gasteiger partial charge on any atom is -0.0824 e. The van der Waals surface area contributed by atoms with Crippen molar-refractivity contribution >= 4 is 23.2 Å². The van der Waals surface area contributed by atoms with Crippen LogP contribution in [0.1, 0.15) is 30.9 Å². The van der Waals surface area contributed by atoms with Gasteiger partial charge in [0.1, 0.15) is 0 Å². The molecule has 0 aliphatic heterocycles. The molecule has 2 rings (SSSR count). The highest BCUT2D eigenvalue weighted by molar-refractivity contribution is 6.44. The van der Waals surface area contributed by atoms with Gasteiger partial charge in [-0.25, -0.2) is 0 Å². The molecule has 0 fully saturated rings. The summed E-state index contributed by atoms with van der Waals surface area (Å²) in [6.45, 7) is 6.30. The molecule has 0 unspecified atom stereocenters. The van der Waals surface area contributed by atoms with Gasteiger partial charge < -0.3 is 0 Å². The summed E-state index contributed by atoms with van der Waals surface area (Å²) in [6.07, 6.45) is 0. The first-order chi connectivity index (χ1) is 8.50. The van der Waals surface area contributed by atoms with Crippen molar-refractivity contribution in [1.82, 2.24) is 0 Å². The summed E-state index contributed by atoms with van der Waals surface area (Å²) in [6, 6.07) is 12.4. The van der Waals surface area contributed by atoms with Gasteiger partial charge in [0.05, 0.1) is 10.0 Å². The largest absolute Gasteiger partial charge is 0.0824 e. The number of aryl methyl sites for hydroxylation is 1. The number of hydrogen-bond donors (Lipinski definition) is 0. The van der Waals surface area contributed by atoms with E-state index >= 15 is 0 Å². The van der Waals surface area contributed by atoms with Gasteiger partial charge in [-0.15, -0.1) is 0 Å². The van der Waals surface area contributed by atoms with Crippen molar-refractivity contribution in [3.05, 3.63) is 57.6 Å². The Morgan fingerprint density at radius 3 is 2.00 bits per heavy atom. The second kappa shape index (κ2) is 5.34. The summed E-state index contributed by atoms with van der Waals surface area (Å²) in [5, 5.41) is 1.32. The highest BCUT2D eigenvalue weighted by Gasteiger charge is 2.13. The molecule has 0 saturated carbocycles. The monoisotopic (exact) mass is 278 g/mol. The van der Waals surface area contributed by atoms with Crippen LogP contribution in [0.5, 0.6) is 0 Å². The molecule has 0 saturated heterocycles. The lowest BCUT2D eigenvalue weighted by Crippen LogP contribution is -1.91. The van der Waals surface area contributed by atoms with E-state index < -0.39 is 0 Å². The van der Waals surface area contributed by atoms with Gasteiger partial charge in [0, 0.05) is 5.56 Å². The van der Waals surface area contributed by atoms with Crippen molar-refractivity contribution in [3.8, 4) is 11.1 Å². The zero-order valence-corrected chi connectivity index (χ0v) is 12.3. The Morgan fingerprint density at radius 1 is 0.833 bits per heavy atom. The first-order valence-corrected chi connectivity index (χ1v) is 6.81. The number of rotatable bonds is 2. The molecular weight excluding hydrogens is 263 g/mol. The highest BCUT2D eigenvalue weighted by Crippen LogP contribution is 2.38. The van der Waals surface area contributed by atoms with E-state index in [1.165, 1.54) is 5.56 Å². The molecule has 0 aliphatic carbocycles. The lowest BCUT2D eigenvalue weighted by Gasteiger charge is -2.13. The maximum Gasteiger partial charge on any atom is 0.0673 e. The zero-order chi connectivity index (χ0) is 13.3. The van der Waals surface area contributed by atoms with Crippen LogP contribution < -0.4 is 0 Å². The molecule has 2 aromatic carbocycles. The Bertz CT molecular complexity index is 554. The van der Waals surface area contributed by atoms with Crippen LogP contribution in [0.2, 0.25) is 10.0 Å². The third-order valence-corrected chi connectivity index (χ3v) is 3.99. The highest BCUT2D eigenvalue weighted by atomic mass is 35.5. The molecular formula is C16H16Cl2. The first kappa shape index (κ1) is 13.5. The van der Waals surface area contributed by atoms with E-state index in [0.717, 1.165) is 16.7 Å².